The maximum atomic E-state index is 11.7. The Morgan fingerprint density at radius 2 is 2.11 bits per heavy atom. The monoisotopic (exact) mass is 258 g/mol. The molecule has 0 aliphatic carbocycles. The zero-order chi connectivity index (χ0) is 13.8. The Bertz CT molecular complexity index is 573. The van der Waals surface area contributed by atoms with Gasteiger partial charge in [0.1, 0.15) is 5.82 Å². The minimum absolute atomic E-state index is 0.304. The minimum Gasteiger partial charge on any atom is -0.465 e. The summed E-state index contributed by atoms with van der Waals surface area (Å²) < 4.78 is 6.87. The second-order valence-corrected chi connectivity index (χ2v) is 4.72. The van der Waals surface area contributed by atoms with Crippen LogP contribution < -0.4 is 0 Å². The van der Waals surface area contributed by atoms with Crippen molar-refractivity contribution in [1.29, 1.82) is 0 Å². The van der Waals surface area contributed by atoms with Gasteiger partial charge < -0.3 is 9.30 Å². The van der Waals surface area contributed by atoms with Crippen molar-refractivity contribution < 1.29 is 9.53 Å². The predicted molar refractivity (Wildman–Crippen MR) is 73.2 cm³/mol. The van der Waals surface area contributed by atoms with Gasteiger partial charge in [0.25, 0.3) is 0 Å². The summed E-state index contributed by atoms with van der Waals surface area (Å²) in [5, 5.41) is 0. The van der Waals surface area contributed by atoms with Gasteiger partial charge in [0.15, 0.2) is 0 Å². The van der Waals surface area contributed by atoms with E-state index in [4.69, 9.17) is 4.74 Å². The van der Waals surface area contributed by atoms with Crippen molar-refractivity contribution in [2.75, 3.05) is 7.11 Å². The van der Waals surface area contributed by atoms with Crippen LogP contribution in [0.3, 0.4) is 0 Å². The maximum Gasteiger partial charge on any atom is 0.338 e. The fourth-order valence-corrected chi connectivity index (χ4v) is 2.11. The molecule has 4 nitrogen and oxygen atoms in total. The Labute approximate surface area is 113 Å². The highest BCUT2D eigenvalue weighted by Gasteiger charge is 2.13. The van der Waals surface area contributed by atoms with E-state index < -0.39 is 0 Å². The lowest BCUT2D eigenvalue weighted by atomic mass is 10.1. The minimum atomic E-state index is -0.304. The second-order valence-electron chi connectivity index (χ2n) is 4.72. The number of imidazole rings is 1. The smallest absolute Gasteiger partial charge is 0.338 e. The molecule has 2 rings (SSSR count). The third-order valence-corrected chi connectivity index (χ3v) is 3.03. The number of ether oxygens (including phenoxy) is 1. The molecule has 0 spiro atoms. The van der Waals surface area contributed by atoms with Gasteiger partial charge in [-0.05, 0) is 11.6 Å². The summed E-state index contributed by atoms with van der Waals surface area (Å²) in [7, 11) is 1.40. The van der Waals surface area contributed by atoms with Gasteiger partial charge in [-0.15, -0.1) is 0 Å². The van der Waals surface area contributed by atoms with Crippen LogP contribution in [-0.2, 0) is 11.3 Å². The van der Waals surface area contributed by atoms with Crippen LogP contribution in [0.2, 0.25) is 0 Å². The third kappa shape index (κ3) is 2.84. The number of methoxy groups -OCH3 is 1. The van der Waals surface area contributed by atoms with E-state index in [0.29, 0.717) is 18.0 Å². The van der Waals surface area contributed by atoms with Crippen molar-refractivity contribution in [3.05, 3.63) is 53.6 Å². The zero-order valence-corrected chi connectivity index (χ0v) is 11.5. The van der Waals surface area contributed by atoms with Crippen LogP contribution in [0.25, 0.3) is 0 Å². The summed E-state index contributed by atoms with van der Waals surface area (Å²) in [5.74, 6) is 1.06. The molecule has 2 aromatic rings. The number of hydrogen-bond acceptors (Lipinski definition) is 3. The number of carbonyl (C=O) groups excluding carboxylic acids is 1. The molecule has 0 amide bonds. The predicted octanol–water partition coefficient (Wildman–Crippen LogP) is 2.84. The number of hydrogen-bond donors (Lipinski definition) is 0. The van der Waals surface area contributed by atoms with Crippen LogP contribution in [0.1, 0.15) is 41.5 Å². The Morgan fingerprint density at radius 3 is 2.79 bits per heavy atom. The number of aromatic nitrogens is 2. The highest BCUT2D eigenvalue weighted by molar-refractivity contribution is 5.90. The van der Waals surface area contributed by atoms with Crippen LogP contribution in [0.15, 0.2) is 36.7 Å². The molecule has 1 aromatic carbocycles. The molecule has 0 saturated heterocycles. The van der Waals surface area contributed by atoms with Gasteiger partial charge in [-0.2, -0.15) is 0 Å². The molecule has 0 N–H and O–H groups in total. The van der Waals surface area contributed by atoms with Gasteiger partial charge in [0.05, 0.1) is 12.7 Å². The van der Waals surface area contributed by atoms with Crippen molar-refractivity contribution >= 4 is 5.97 Å². The largest absolute Gasteiger partial charge is 0.465 e. The van der Waals surface area contributed by atoms with Crippen LogP contribution in [0.4, 0.5) is 0 Å². The third-order valence-electron chi connectivity index (χ3n) is 3.03. The second kappa shape index (κ2) is 5.69. The average Bonchev–Trinajstić information content (AvgIpc) is 2.87. The molecule has 0 atom stereocenters. The lowest BCUT2D eigenvalue weighted by molar-refractivity contribution is 0.0599. The van der Waals surface area contributed by atoms with E-state index >= 15 is 0 Å². The number of benzene rings is 1. The highest BCUT2D eigenvalue weighted by atomic mass is 16.5. The number of carbonyl (C=O) groups is 1. The number of rotatable bonds is 4. The first kappa shape index (κ1) is 13.3. The van der Waals surface area contributed by atoms with Crippen molar-refractivity contribution in [3.8, 4) is 0 Å². The fraction of sp³-hybridized carbons (Fsp3) is 0.333. The first-order chi connectivity index (χ1) is 9.13. The van der Waals surface area contributed by atoms with Crippen LogP contribution >= 0.6 is 0 Å². The van der Waals surface area contributed by atoms with E-state index in [1.54, 1.807) is 12.3 Å². The van der Waals surface area contributed by atoms with Gasteiger partial charge in [0.2, 0.25) is 0 Å². The Balaban J connectivity index is 2.33. The van der Waals surface area contributed by atoms with Crippen LogP contribution in [0, 0.1) is 0 Å². The summed E-state index contributed by atoms with van der Waals surface area (Å²) in [6, 6.07) is 7.49. The summed E-state index contributed by atoms with van der Waals surface area (Å²) in [5.41, 5.74) is 1.54. The van der Waals surface area contributed by atoms with Gasteiger partial charge in [-0.3, -0.25) is 0 Å². The lowest BCUT2D eigenvalue weighted by Crippen LogP contribution is -2.11. The summed E-state index contributed by atoms with van der Waals surface area (Å²) >= 11 is 0. The maximum absolute atomic E-state index is 11.7. The molecule has 0 aliphatic heterocycles. The molecule has 0 saturated carbocycles. The Morgan fingerprint density at radius 1 is 1.37 bits per heavy atom. The van der Waals surface area contributed by atoms with Gasteiger partial charge in [-0.1, -0.05) is 32.0 Å². The Hall–Kier alpha value is -2.10. The molecule has 1 aromatic heterocycles. The van der Waals surface area contributed by atoms with Crippen molar-refractivity contribution in [2.45, 2.75) is 26.3 Å². The molecule has 0 aliphatic rings. The average molecular weight is 258 g/mol. The van der Waals surface area contributed by atoms with Gasteiger partial charge in [0, 0.05) is 24.9 Å². The Kier molecular flexibility index (Phi) is 4.00. The molecule has 0 radical (unpaired) electrons. The molecule has 0 fully saturated rings. The van der Waals surface area contributed by atoms with Crippen LogP contribution in [-0.4, -0.2) is 22.6 Å². The molecule has 100 valence electrons. The van der Waals surface area contributed by atoms with E-state index in [9.17, 15) is 4.79 Å². The summed E-state index contributed by atoms with van der Waals surface area (Å²) in [4.78, 5) is 16.1. The van der Waals surface area contributed by atoms with E-state index in [-0.39, 0.29) is 5.97 Å². The summed E-state index contributed by atoms with van der Waals surface area (Å²) in [6.07, 6.45) is 3.72. The standard InChI is InChI=1S/C15H18N2O2/c1-11(2)14-16-8-9-17(14)10-12-6-4-5-7-13(12)15(18)19-3/h4-9,11H,10H2,1-3H3. The zero-order valence-electron chi connectivity index (χ0n) is 11.5. The van der Waals surface area contributed by atoms with Gasteiger partial charge >= 0.3 is 5.97 Å². The molecular weight excluding hydrogens is 240 g/mol. The summed E-state index contributed by atoms with van der Waals surface area (Å²) in [6.45, 7) is 4.83. The SMILES string of the molecule is COC(=O)c1ccccc1Cn1ccnc1C(C)C. The van der Waals surface area contributed by atoms with E-state index in [1.165, 1.54) is 7.11 Å². The first-order valence-electron chi connectivity index (χ1n) is 6.30. The van der Waals surface area contributed by atoms with Crippen molar-refractivity contribution in [2.24, 2.45) is 0 Å². The van der Waals surface area contributed by atoms with Crippen molar-refractivity contribution in [1.82, 2.24) is 9.55 Å². The lowest BCUT2D eigenvalue weighted by Gasteiger charge is -2.12. The van der Waals surface area contributed by atoms with Crippen molar-refractivity contribution in [3.63, 3.8) is 0 Å². The quantitative estimate of drug-likeness (QED) is 0.792. The number of esters is 1. The molecule has 4 heteroatoms. The molecule has 19 heavy (non-hydrogen) atoms. The van der Waals surface area contributed by atoms with Gasteiger partial charge in [-0.25, -0.2) is 9.78 Å². The fourth-order valence-electron chi connectivity index (χ4n) is 2.11. The topological polar surface area (TPSA) is 44.1 Å². The molecule has 0 bridgehead atoms. The molecule has 0 unspecified atom stereocenters. The first-order valence-corrected chi connectivity index (χ1v) is 6.30. The molecule has 1 heterocycles. The highest BCUT2D eigenvalue weighted by Crippen LogP contribution is 2.16. The van der Waals surface area contributed by atoms with E-state index in [1.807, 2.05) is 24.4 Å². The van der Waals surface area contributed by atoms with Crippen LogP contribution in [0.5, 0.6) is 0 Å². The van der Waals surface area contributed by atoms with E-state index in [2.05, 4.69) is 23.4 Å². The normalized spacial score (nSPS) is 10.7. The molecular formula is C15H18N2O2. The van der Waals surface area contributed by atoms with E-state index in [0.717, 1.165) is 11.4 Å². The number of nitrogens with zero attached hydrogens (tertiary/aromatic N) is 2.